The van der Waals surface area contributed by atoms with E-state index in [2.05, 4.69) is 10.3 Å². The van der Waals surface area contributed by atoms with Crippen LogP contribution in [0, 0.1) is 12.7 Å². The topological polar surface area (TPSA) is 85.9 Å². The maximum atomic E-state index is 14.6. The molecule has 1 aromatic rings. The lowest BCUT2D eigenvalue weighted by Crippen LogP contribution is -2.41. The van der Waals surface area contributed by atoms with Gasteiger partial charge in [0.15, 0.2) is 0 Å². The number of rotatable bonds is 4. The predicted octanol–water partition coefficient (Wildman–Crippen LogP) is 1.92. The molecule has 0 saturated carbocycles. The summed E-state index contributed by atoms with van der Waals surface area (Å²) < 4.78 is 26.5. The summed E-state index contributed by atoms with van der Waals surface area (Å²) in [6.45, 7) is 9.55. The number of hydrogen-bond donors (Lipinski definition) is 2. The molecule has 0 radical (unpaired) electrons. The molecule has 0 atom stereocenters. The number of carbonyl (C=O) groups is 1. The van der Waals surface area contributed by atoms with Gasteiger partial charge in [-0.25, -0.2) is 4.39 Å². The van der Waals surface area contributed by atoms with Crippen LogP contribution < -0.4 is 16.5 Å². The second-order valence-electron chi connectivity index (χ2n) is 7.20. The van der Waals surface area contributed by atoms with Gasteiger partial charge in [0.2, 0.25) is 0 Å². The Morgan fingerprint density at radius 1 is 1.27 bits per heavy atom. The van der Waals surface area contributed by atoms with Crippen molar-refractivity contribution < 1.29 is 18.5 Å². The molecule has 1 fully saturated rings. The summed E-state index contributed by atoms with van der Waals surface area (Å²) in [4.78, 5) is 16.0. The van der Waals surface area contributed by atoms with Crippen LogP contribution in [0.5, 0.6) is 0 Å². The van der Waals surface area contributed by atoms with Crippen LogP contribution in [0.4, 0.5) is 10.1 Å². The highest BCUT2D eigenvalue weighted by molar-refractivity contribution is 6.62. The van der Waals surface area contributed by atoms with E-state index in [4.69, 9.17) is 15.0 Å². The second-order valence-corrected chi connectivity index (χ2v) is 7.20. The first-order valence-electron chi connectivity index (χ1n) is 8.34. The van der Waals surface area contributed by atoms with Gasteiger partial charge in [-0.05, 0) is 70.1 Å². The van der Waals surface area contributed by atoms with Crippen LogP contribution in [0.1, 0.15) is 33.3 Å². The Hall–Kier alpha value is -2.19. The highest BCUT2D eigenvalue weighted by Crippen LogP contribution is 2.36. The number of hydrogen-bond acceptors (Lipinski definition) is 5. The third-order valence-corrected chi connectivity index (χ3v) is 4.84. The Morgan fingerprint density at radius 3 is 2.35 bits per heavy atom. The minimum Gasteiger partial charge on any atom is -0.405 e. The first-order chi connectivity index (χ1) is 12.0. The average Bonchev–Trinajstić information content (AvgIpc) is 2.75. The van der Waals surface area contributed by atoms with E-state index in [0.29, 0.717) is 5.46 Å². The molecule has 1 aliphatic rings. The third kappa shape index (κ3) is 3.81. The standard InChI is InChI=1S/C18H25BFN3O3/c1-11-9-15(23-16(24)14(22-6)7-8-21)13(20)10-12(11)19-25-17(2,3)18(4,5)26-19/h7-10H,21H2,1-6H3,(H,23,24). The molecule has 26 heavy (non-hydrogen) atoms. The van der Waals surface area contributed by atoms with Gasteiger partial charge in [0, 0.05) is 7.05 Å². The monoisotopic (exact) mass is 361 g/mol. The fourth-order valence-electron chi connectivity index (χ4n) is 2.55. The Morgan fingerprint density at radius 2 is 1.85 bits per heavy atom. The molecule has 0 aromatic heterocycles. The zero-order chi connectivity index (χ0) is 19.7. The van der Waals surface area contributed by atoms with Gasteiger partial charge in [-0.15, -0.1) is 0 Å². The van der Waals surface area contributed by atoms with E-state index in [1.807, 2.05) is 34.6 Å². The van der Waals surface area contributed by atoms with Crippen LogP contribution in [-0.4, -0.2) is 37.0 Å². The number of benzene rings is 1. The highest BCUT2D eigenvalue weighted by atomic mass is 19.1. The van der Waals surface area contributed by atoms with Crippen LogP contribution in [-0.2, 0) is 14.1 Å². The zero-order valence-corrected chi connectivity index (χ0v) is 16.0. The van der Waals surface area contributed by atoms with Crippen molar-refractivity contribution in [2.45, 2.75) is 45.8 Å². The Kier molecular flexibility index (Phi) is 5.58. The van der Waals surface area contributed by atoms with E-state index in [1.165, 1.54) is 25.4 Å². The summed E-state index contributed by atoms with van der Waals surface area (Å²) in [5, 5.41) is 2.50. The number of nitrogens with one attached hydrogen (secondary N) is 1. The number of aliphatic imine (C=N–C) groups is 1. The van der Waals surface area contributed by atoms with E-state index in [9.17, 15) is 9.18 Å². The van der Waals surface area contributed by atoms with E-state index >= 15 is 0 Å². The summed E-state index contributed by atoms with van der Waals surface area (Å²) in [6, 6.07) is 2.88. The molecule has 8 heteroatoms. The molecule has 2 rings (SSSR count). The lowest BCUT2D eigenvalue weighted by Gasteiger charge is -2.32. The van der Waals surface area contributed by atoms with E-state index < -0.39 is 30.0 Å². The van der Waals surface area contributed by atoms with Gasteiger partial charge in [0.1, 0.15) is 11.5 Å². The molecule has 1 heterocycles. The first-order valence-corrected chi connectivity index (χ1v) is 8.34. The van der Waals surface area contributed by atoms with Crippen molar-refractivity contribution >= 4 is 29.9 Å². The van der Waals surface area contributed by atoms with Gasteiger partial charge >= 0.3 is 7.12 Å². The molecular formula is C18H25BFN3O3. The van der Waals surface area contributed by atoms with Gasteiger partial charge in [-0.3, -0.25) is 9.79 Å². The van der Waals surface area contributed by atoms with Crippen LogP contribution in [0.2, 0.25) is 0 Å². The van der Waals surface area contributed by atoms with Crippen molar-refractivity contribution in [3.63, 3.8) is 0 Å². The number of nitrogens with two attached hydrogens (primary N) is 1. The van der Waals surface area contributed by atoms with Gasteiger partial charge < -0.3 is 20.4 Å². The van der Waals surface area contributed by atoms with Crippen molar-refractivity contribution in [2.24, 2.45) is 10.7 Å². The zero-order valence-electron chi connectivity index (χ0n) is 16.0. The molecule has 1 aromatic carbocycles. The van der Waals surface area contributed by atoms with Gasteiger partial charge in [-0.2, -0.15) is 0 Å². The lowest BCUT2D eigenvalue weighted by molar-refractivity contribution is -0.110. The van der Waals surface area contributed by atoms with Gasteiger partial charge in [-0.1, -0.05) is 0 Å². The highest BCUT2D eigenvalue weighted by Gasteiger charge is 2.52. The lowest BCUT2D eigenvalue weighted by atomic mass is 9.76. The molecule has 6 nitrogen and oxygen atoms in total. The van der Waals surface area contributed by atoms with Gasteiger partial charge in [0.25, 0.3) is 5.91 Å². The number of aryl methyl sites for hydroxylation is 1. The van der Waals surface area contributed by atoms with Crippen LogP contribution >= 0.6 is 0 Å². The normalized spacial score (nSPS) is 19.2. The van der Waals surface area contributed by atoms with E-state index in [1.54, 1.807) is 6.07 Å². The molecule has 3 N–H and O–H groups in total. The van der Waals surface area contributed by atoms with Gasteiger partial charge in [0.05, 0.1) is 16.9 Å². The quantitative estimate of drug-likeness (QED) is 0.634. The van der Waals surface area contributed by atoms with Crippen molar-refractivity contribution in [1.29, 1.82) is 0 Å². The smallest absolute Gasteiger partial charge is 0.405 e. The molecule has 0 aliphatic carbocycles. The molecule has 1 saturated heterocycles. The average molecular weight is 361 g/mol. The van der Waals surface area contributed by atoms with Crippen LogP contribution in [0.3, 0.4) is 0 Å². The van der Waals surface area contributed by atoms with Crippen LogP contribution in [0.25, 0.3) is 0 Å². The second kappa shape index (κ2) is 7.21. The summed E-state index contributed by atoms with van der Waals surface area (Å²) >= 11 is 0. The molecule has 0 spiro atoms. The number of anilines is 1. The summed E-state index contributed by atoms with van der Waals surface area (Å²) in [5.41, 5.74) is 5.72. The van der Waals surface area contributed by atoms with Crippen molar-refractivity contribution in [3.8, 4) is 0 Å². The summed E-state index contributed by atoms with van der Waals surface area (Å²) in [5.74, 6) is -1.13. The number of nitrogens with zero attached hydrogens (tertiary/aromatic N) is 1. The predicted molar refractivity (Wildman–Crippen MR) is 102 cm³/mol. The minimum atomic E-state index is -0.674. The molecule has 0 bridgehead atoms. The molecule has 1 aliphatic heterocycles. The van der Waals surface area contributed by atoms with Crippen molar-refractivity contribution in [1.82, 2.24) is 0 Å². The van der Waals surface area contributed by atoms with Crippen LogP contribution in [0.15, 0.2) is 29.4 Å². The largest absolute Gasteiger partial charge is 0.495 e. The fraction of sp³-hybridized carbons (Fsp3) is 0.444. The fourth-order valence-corrected chi connectivity index (χ4v) is 2.55. The molecule has 1 amide bonds. The Labute approximate surface area is 153 Å². The number of carbonyl (C=O) groups excluding carboxylic acids is 1. The Balaban J connectivity index is 2.28. The molecular weight excluding hydrogens is 336 g/mol. The van der Waals surface area contributed by atoms with E-state index in [0.717, 1.165) is 5.56 Å². The first kappa shape index (κ1) is 20.1. The maximum absolute atomic E-state index is 14.6. The van der Waals surface area contributed by atoms with Crippen molar-refractivity contribution in [3.05, 3.63) is 35.8 Å². The van der Waals surface area contributed by atoms with Crippen molar-refractivity contribution in [2.75, 3.05) is 12.4 Å². The summed E-state index contributed by atoms with van der Waals surface area (Å²) in [6.07, 6.45) is 2.55. The minimum absolute atomic E-state index is 0.0549. The molecule has 0 unspecified atom stereocenters. The number of halogens is 1. The summed E-state index contributed by atoms with van der Waals surface area (Å²) in [7, 11) is 0.782. The molecule has 140 valence electrons. The maximum Gasteiger partial charge on any atom is 0.495 e. The number of amides is 1. The Bertz CT molecular complexity index is 759. The third-order valence-electron chi connectivity index (χ3n) is 4.84. The SMILES string of the molecule is CN=C(C=CN)C(=O)Nc1cc(C)c(B2OC(C)(C)C(C)(C)O2)cc1F. The van der Waals surface area contributed by atoms with E-state index in [-0.39, 0.29) is 11.4 Å².